The van der Waals surface area contributed by atoms with E-state index in [0.717, 1.165) is 19.5 Å². The number of piperidine rings is 1. The lowest BCUT2D eigenvalue weighted by Crippen LogP contribution is -2.51. The molecular weight excluding hydrogens is 316 g/mol. The molecule has 6 nitrogen and oxygen atoms in total. The molecule has 0 saturated carbocycles. The summed E-state index contributed by atoms with van der Waals surface area (Å²) in [4.78, 5) is 31.9. The average molecular weight is 343 g/mol. The molecule has 0 aromatic carbocycles. The molecule has 0 radical (unpaired) electrons. The van der Waals surface area contributed by atoms with Crippen molar-refractivity contribution in [1.82, 2.24) is 20.6 Å². The van der Waals surface area contributed by atoms with Crippen LogP contribution in [0.15, 0.2) is 4.79 Å². The second-order valence-electron chi connectivity index (χ2n) is 7.17. The molecule has 2 heterocycles. The zero-order valence-corrected chi connectivity index (χ0v) is 15.3. The monoisotopic (exact) mass is 342 g/mol. The Hall–Kier alpha value is -1.40. The first-order chi connectivity index (χ1) is 10.2. The number of halogens is 1. The lowest BCUT2D eigenvalue weighted by Gasteiger charge is -2.30. The molecule has 130 valence electrons. The molecule has 3 N–H and O–H groups in total. The minimum atomic E-state index is -0.369. The summed E-state index contributed by atoms with van der Waals surface area (Å²) in [5, 5.41) is 6.23. The highest BCUT2D eigenvalue weighted by atomic mass is 35.5. The second-order valence-corrected chi connectivity index (χ2v) is 7.17. The maximum atomic E-state index is 12.5. The predicted molar refractivity (Wildman–Crippen MR) is 93.4 cm³/mol. The maximum Gasteiger partial charge on any atom is 0.264 e. The summed E-state index contributed by atoms with van der Waals surface area (Å²) in [5.41, 5.74) is -0.0412. The molecule has 0 spiro atoms. The van der Waals surface area contributed by atoms with Gasteiger partial charge in [-0.1, -0.05) is 27.7 Å². The van der Waals surface area contributed by atoms with E-state index in [1.165, 1.54) is 0 Å². The van der Waals surface area contributed by atoms with Gasteiger partial charge in [0.15, 0.2) is 0 Å². The van der Waals surface area contributed by atoms with Crippen LogP contribution < -0.4 is 16.2 Å². The molecule has 1 aliphatic heterocycles. The van der Waals surface area contributed by atoms with Crippen molar-refractivity contribution in [3.8, 4) is 0 Å². The van der Waals surface area contributed by atoms with Gasteiger partial charge in [0.25, 0.3) is 11.5 Å². The van der Waals surface area contributed by atoms with E-state index in [4.69, 9.17) is 0 Å². The van der Waals surface area contributed by atoms with Crippen molar-refractivity contribution in [2.75, 3.05) is 13.1 Å². The summed E-state index contributed by atoms with van der Waals surface area (Å²) in [7, 11) is 0. The largest absolute Gasteiger partial charge is 0.348 e. The van der Waals surface area contributed by atoms with E-state index < -0.39 is 0 Å². The number of carbonyl (C=O) groups excluding carboxylic acids is 1. The van der Waals surface area contributed by atoms with E-state index in [9.17, 15) is 9.59 Å². The zero-order chi connectivity index (χ0) is 16.5. The van der Waals surface area contributed by atoms with Crippen molar-refractivity contribution >= 4 is 18.3 Å². The molecule has 7 heteroatoms. The summed E-state index contributed by atoms with van der Waals surface area (Å²) in [6.07, 6.45) is 1.02. The Morgan fingerprint density at radius 2 is 2.00 bits per heavy atom. The number of amides is 1. The van der Waals surface area contributed by atoms with E-state index in [0.29, 0.717) is 17.4 Å². The Labute approximate surface area is 143 Å². The van der Waals surface area contributed by atoms with Gasteiger partial charge in [0, 0.05) is 18.0 Å². The standard InChI is InChI=1S/C16H26N4O2.ClH/c1-9-6-7-17-8-11(9)19-13(21)12-10(2)18-15(16(3,4)5)20-14(12)22;/h9,11,17H,6-8H2,1-5H3,(H,19,21)(H,18,20,22);1H. The van der Waals surface area contributed by atoms with Crippen LogP contribution in [0, 0.1) is 12.8 Å². The number of hydrogen-bond donors (Lipinski definition) is 3. The minimum Gasteiger partial charge on any atom is -0.348 e. The summed E-state index contributed by atoms with van der Waals surface area (Å²) >= 11 is 0. The van der Waals surface area contributed by atoms with Gasteiger partial charge in [-0.15, -0.1) is 12.4 Å². The van der Waals surface area contributed by atoms with Crippen LogP contribution in [0.5, 0.6) is 0 Å². The van der Waals surface area contributed by atoms with Crippen molar-refractivity contribution in [3.05, 3.63) is 27.4 Å². The number of aromatic amines is 1. The highest BCUT2D eigenvalue weighted by Gasteiger charge is 2.26. The van der Waals surface area contributed by atoms with Crippen LogP contribution in [-0.2, 0) is 5.41 Å². The Balaban J connectivity index is 0.00000264. The van der Waals surface area contributed by atoms with Crippen LogP contribution in [-0.4, -0.2) is 35.0 Å². The lowest BCUT2D eigenvalue weighted by atomic mass is 9.94. The fourth-order valence-electron chi connectivity index (χ4n) is 2.63. The van der Waals surface area contributed by atoms with Crippen molar-refractivity contribution in [3.63, 3.8) is 0 Å². The molecule has 0 bridgehead atoms. The van der Waals surface area contributed by atoms with Crippen molar-refractivity contribution < 1.29 is 4.79 Å². The molecule has 1 saturated heterocycles. The molecule has 2 unspecified atom stereocenters. The first-order valence-corrected chi connectivity index (χ1v) is 7.83. The van der Waals surface area contributed by atoms with Crippen LogP contribution in [0.2, 0.25) is 0 Å². The van der Waals surface area contributed by atoms with Gasteiger partial charge in [0.1, 0.15) is 11.4 Å². The molecule has 2 rings (SSSR count). The molecule has 0 aliphatic carbocycles. The Bertz CT molecular complexity index is 621. The number of rotatable bonds is 2. The molecular formula is C16H27ClN4O2. The molecule has 1 amide bonds. The zero-order valence-electron chi connectivity index (χ0n) is 14.4. The van der Waals surface area contributed by atoms with E-state index >= 15 is 0 Å². The Morgan fingerprint density at radius 3 is 2.52 bits per heavy atom. The molecule has 1 aromatic heterocycles. The average Bonchev–Trinajstić information content (AvgIpc) is 2.39. The van der Waals surface area contributed by atoms with Gasteiger partial charge >= 0.3 is 0 Å². The van der Waals surface area contributed by atoms with Gasteiger partial charge in [-0.05, 0) is 25.8 Å². The molecule has 2 atom stereocenters. The Morgan fingerprint density at radius 1 is 1.35 bits per heavy atom. The third-order valence-electron chi connectivity index (χ3n) is 4.18. The quantitative estimate of drug-likeness (QED) is 0.760. The lowest BCUT2D eigenvalue weighted by molar-refractivity contribution is 0.0912. The molecule has 1 fully saturated rings. The summed E-state index contributed by atoms with van der Waals surface area (Å²) in [5.74, 6) is 0.651. The highest BCUT2D eigenvalue weighted by Crippen LogP contribution is 2.17. The van der Waals surface area contributed by atoms with Gasteiger partial charge in [0.05, 0.1) is 5.69 Å². The number of H-pyrrole nitrogens is 1. The number of aromatic nitrogens is 2. The summed E-state index contributed by atoms with van der Waals surface area (Å²) in [6.45, 7) is 11.4. The van der Waals surface area contributed by atoms with Gasteiger partial charge in [0.2, 0.25) is 0 Å². The number of hydrogen-bond acceptors (Lipinski definition) is 4. The third kappa shape index (κ3) is 4.54. The minimum absolute atomic E-state index is 0. The first-order valence-electron chi connectivity index (χ1n) is 7.83. The normalized spacial score (nSPS) is 21.4. The van der Waals surface area contributed by atoms with Crippen LogP contribution in [0.1, 0.15) is 56.0 Å². The summed E-state index contributed by atoms with van der Waals surface area (Å²) < 4.78 is 0. The summed E-state index contributed by atoms with van der Waals surface area (Å²) in [6, 6.07) is 0.0438. The van der Waals surface area contributed by atoms with Crippen LogP contribution in [0.4, 0.5) is 0 Å². The van der Waals surface area contributed by atoms with E-state index in [1.807, 2.05) is 20.8 Å². The van der Waals surface area contributed by atoms with Gasteiger partial charge < -0.3 is 15.6 Å². The maximum absolute atomic E-state index is 12.5. The third-order valence-corrected chi connectivity index (χ3v) is 4.18. The van der Waals surface area contributed by atoms with Crippen LogP contribution in [0.25, 0.3) is 0 Å². The van der Waals surface area contributed by atoms with E-state index in [2.05, 4.69) is 27.5 Å². The molecule has 1 aliphatic rings. The smallest absolute Gasteiger partial charge is 0.264 e. The van der Waals surface area contributed by atoms with Gasteiger partial charge in [-0.25, -0.2) is 4.98 Å². The second kappa shape index (κ2) is 7.45. The fourth-order valence-corrected chi connectivity index (χ4v) is 2.63. The van der Waals surface area contributed by atoms with Gasteiger partial charge in [-0.3, -0.25) is 9.59 Å². The van der Waals surface area contributed by atoms with E-state index in [-0.39, 0.29) is 40.9 Å². The van der Waals surface area contributed by atoms with Crippen LogP contribution in [0.3, 0.4) is 0 Å². The fraction of sp³-hybridized carbons (Fsp3) is 0.688. The van der Waals surface area contributed by atoms with Crippen molar-refractivity contribution in [2.45, 2.75) is 52.5 Å². The first kappa shape index (κ1) is 19.6. The van der Waals surface area contributed by atoms with Gasteiger partial charge in [-0.2, -0.15) is 0 Å². The molecule has 23 heavy (non-hydrogen) atoms. The number of carbonyl (C=O) groups is 1. The number of aryl methyl sites for hydroxylation is 1. The Kier molecular flexibility index (Phi) is 6.36. The number of nitrogens with one attached hydrogen (secondary N) is 3. The predicted octanol–water partition coefficient (Wildman–Crippen LogP) is 1.53. The number of nitrogens with zero attached hydrogens (tertiary/aromatic N) is 1. The van der Waals surface area contributed by atoms with Crippen LogP contribution >= 0.6 is 12.4 Å². The van der Waals surface area contributed by atoms with E-state index in [1.54, 1.807) is 6.92 Å². The highest BCUT2D eigenvalue weighted by molar-refractivity contribution is 5.95. The topological polar surface area (TPSA) is 86.9 Å². The molecule has 1 aromatic rings. The SMILES string of the molecule is Cc1nc(C(C)(C)C)[nH]c(=O)c1C(=O)NC1CNCCC1C.Cl. The van der Waals surface area contributed by atoms with Crippen molar-refractivity contribution in [2.24, 2.45) is 5.92 Å². The van der Waals surface area contributed by atoms with Crippen molar-refractivity contribution in [1.29, 1.82) is 0 Å².